The lowest BCUT2D eigenvalue weighted by Gasteiger charge is -2.11. The van der Waals surface area contributed by atoms with E-state index in [1.165, 1.54) is 12.1 Å². The molecule has 7 heteroatoms. The van der Waals surface area contributed by atoms with Crippen LogP contribution in [0.15, 0.2) is 53.4 Å². The molecule has 0 aliphatic rings. The van der Waals surface area contributed by atoms with Crippen LogP contribution in [0.5, 0.6) is 5.75 Å². The van der Waals surface area contributed by atoms with E-state index >= 15 is 0 Å². The topological polar surface area (TPSA) is 84.5 Å². The summed E-state index contributed by atoms with van der Waals surface area (Å²) in [5, 5.41) is 0. The van der Waals surface area contributed by atoms with Crippen molar-refractivity contribution in [2.24, 2.45) is 0 Å². The van der Waals surface area contributed by atoms with E-state index in [1.54, 1.807) is 24.3 Å². The van der Waals surface area contributed by atoms with E-state index in [2.05, 4.69) is 17.2 Å². The van der Waals surface area contributed by atoms with Gasteiger partial charge >= 0.3 is 0 Å². The molecule has 1 amide bonds. The van der Waals surface area contributed by atoms with Crippen LogP contribution in [0, 0.1) is 6.92 Å². The van der Waals surface area contributed by atoms with Crippen LogP contribution >= 0.6 is 0 Å². The molecule has 2 aromatic rings. The van der Waals surface area contributed by atoms with Crippen molar-refractivity contribution in [2.45, 2.75) is 31.6 Å². The Morgan fingerprint density at radius 1 is 1.08 bits per heavy atom. The standard InChI is InChI=1S/C18H22N2O4S/c1-3-6-15-9-11-16(12-10-15)25(22,23)20-19-18(21)13-24-17-8-5-4-7-14(17)2/h4-5,7-12,20H,3,6,13H2,1-2H3,(H,19,21). The summed E-state index contributed by atoms with van der Waals surface area (Å²) in [6, 6.07) is 13.8. The van der Waals surface area contributed by atoms with Crippen molar-refractivity contribution in [3.05, 3.63) is 59.7 Å². The second-order valence-corrected chi connectivity index (χ2v) is 7.28. The number of carbonyl (C=O) groups is 1. The quantitative estimate of drug-likeness (QED) is 0.706. The third-order valence-corrected chi connectivity index (χ3v) is 4.81. The molecule has 2 rings (SSSR count). The summed E-state index contributed by atoms with van der Waals surface area (Å²) >= 11 is 0. The molecule has 6 nitrogen and oxygen atoms in total. The first-order chi connectivity index (χ1) is 11.9. The minimum Gasteiger partial charge on any atom is -0.483 e. The van der Waals surface area contributed by atoms with Crippen molar-refractivity contribution in [1.29, 1.82) is 0 Å². The summed E-state index contributed by atoms with van der Waals surface area (Å²) < 4.78 is 29.7. The molecule has 0 heterocycles. The molecule has 0 aliphatic heterocycles. The van der Waals surface area contributed by atoms with E-state index in [4.69, 9.17) is 4.74 Å². The van der Waals surface area contributed by atoms with Crippen LogP contribution in [0.25, 0.3) is 0 Å². The first kappa shape index (κ1) is 19.0. The summed E-state index contributed by atoms with van der Waals surface area (Å²) in [6.45, 7) is 3.63. The maximum Gasteiger partial charge on any atom is 0.272 e. The lowest BCUT2D eigenvalue weighted by Crippen LogP contribution is -2.43. The van der Waals surface area contributed by atoms with Gasteiger partial charge in [-0.2, -0.15) is 0 Å². The second kappa shape index (κ2) is 8.64. The molecule has 0 spiro atoms. The SMILES string of the molecule is CCCc1ccc(S(=O)(=O)NNC(=O)COc2ccccc2C)cc1. The maximum atomic E-state index is 12.2. The van der Waals surface area contributed by atoms with Gasteiger partial charge < -0.3 is 4.74 Å². The van der Waals surface area contributed by atoms with Gasteiger partial charge in [0.2, 0.25) is 0 Å². The average Bonchev–Trinajstić information content (AvgIpc) is 2.60. The van der Waals surface area contributed by atoms with Crippen molar-refractivity contribution < 1.29 is 17.9 Å². The fourth-order valence-electron chi connectivity index (χ4n) is 2.20. The second-order valence-electron chi connectivity index (χ2n) is 5.60. The Kier molecular flexibility index (Phi) is 6.55. The van der Waals surface area contributed by atoms with Crippen molar-refractivity contribution in [1.82, 2.24) is 10.3 Å². The summed E-state index contributed by atoms with van der Waals surface area (Å²) in [6.07, 6.45) is 1.88. The molecule has 2 N–H and O–H groups in total. The molecule has 134 valence electrons. The third kappa shape index (κ3) is 5.58. The highest BCUT2D eigenvalue weighted by molar-refractivity contribution is 7.89. The van der Waals surface area contributed by atoms with Gasteiger partial charge in [-0.25, -0.2) is 8.42 Å². The smallest absolute Gasteiger partial charge is 0.272 e. The van der Waals surface area contributed by atoms with Crippen molar-refractivity contribution in [3.63, 3.8) is 0 Å². The fraction of sp³-hybridized carbons (Fsp3) is 0.278. The number of aryl methyl sites for hydroxylation is 2. The number of rotatable bonds is 8. The Balaban J connectivity index is 1.88. The normalized spacial score (nSPS) is 11.1. The van der Waals surface area contributed by atoms with Gasteiger partial charge in [-0.15, -0.1) is 4.83 Å². The third-order valence-electron chi connectivity index (χ3n) is 3.55. The van der Waals surface area contributed by atoms with Gasteiger partial charge in [0, 0.05) is 0 Å². The van der Waals surface area contributed by atoms with Gasteiger partial charge in [0.15, 0.2) is 6.61 Å². The first-order valence-corrected chi connectivity index (χ1v) is 9.48. The number of hydrazine groups is 1. The molecule has 0 atom stereocenters. The van der Waals surface area contributed by atoms with Crippen LogP contribution in [0.1, 0.15) is 24.5 Å². The van der Waals surface area contributed by atoms with Gasteiger partial charge in [0.1, 0.15) is 5.75 Å². The molecule has 0 aliphatic carbocycles. The highest BCUT2D eigenvalue weighted by Gasteiger charge is 2.15. The highest BCUT2D eigenvalue weighted by atomic mass is 32.2. The van der Waals surface area contributed by atoms with Gasteiger partial charge in [-0.3, -0.25) is 10.2 Å². The molecule has 2 aromatic carbocycles. The number of benzene rings is 2. The largest absolute Gasteiger partial charge is 0.483 e. The Bertz CT molecular complexity index is 817. The number of hydrogen-bond donors (Lipinski definition) is 2. The summed E-state index contributed by atoms with van der Waals surface area (Å²) in [7, 11) is -3.82. The van der Waals surface area contributed by atoms with E-state index in [-0.39, 0.29) is 11.5 Å². The van der Waals surface area contributed by atoms with Crippen LogP contribution in [-0.4, -0.2) is 20.9 Å². The molecule has 0 saturated carbocycles. The average molecular weight is 362 g/mol. The van der Waals surface area contributed by atoms with E-state index in [0.717, 1.165) is 24.0 Å². The van der Waals surface area contributed by atoms with Gasteiger partial charge in [0.25, 0.3) is 15.9 Å². The highest BCUT2D eigenvalue weighted by Crippen LogP contribution is 2.15. The van der Waals surface area contributed by atoms with Crippen LogP contribution in [0.2, 0.25) is 0 Å². The Labute approximate surface area is 148 Å². The molecular weight excluding hydrogens is 340 g/mol. The first-order valence-electron chi connectivity index (χ1n) is 8.00. The molecular formula is C18H22N2O4S. The maximum absolute atomic E-state index is 12.2. The zero-order valence-corrected chi connectivity index (χ0v) is 15.1. The van der Waals surface area contributed by atoms with Crippen LogP contribution in [-0.2, 0) is 21.2 Å². The Morgan fingerprint density at radius 2 is 1.76 bits per heavy atom. The van der Waals surface area contributed by atoms with E-state index in [0.29, 0.717) is 5.75 Å². The zero-order chi connectivity index (χ0) is 18.3. The summed E-state index contributed by atoms with van der Waals surface area (Å²) in [5.41, 5.74) is 4.11. The van der Waals surface area contributed by atoms with E-state index < -0.39 is 15.9 Å². The lowest BCUT2D eigenvalue weighted by molar-refractivity contribution is -0.123. The van der Waals surface area contributed by atoms with Crippen LogP contribution < -0.4 is 15.0 Å². The predicted octanol–water partition coefficient (Wildman–Crippen LogP) is 2.34. The van der Waals surface area contributed by atoms with Crippen molar-refractivity contribution in [3.8, 4) is 5.75 Å². The Morgan fingerprint density at radius 3 is 2.40 bits per heavy atom. The van der Waals surface area contributed by atoms with Crippen molar-refractivity contribution >= 4 is 15.9 Å². The predicted molar refractivity (Wildman–Crippen MR) is 95.6 cm³/mol. The summed E-state index contributed by atoms with van der Waals surface area (Å²) in [4.78, 5) is 13.9. The number of carbonyl (C=O) groups excluding carboxylic acids is 1. The number of sulfonamides is 1. The molecule has 0 unspecified atom stereocenters. The molecule has 25 heavy (non-hydrogen) atoms. The number of nitrogens with one attached hydrogen (secondary N) is 2. The number of para-hydroxylation sites is 1. The van der Waals surface area contributed by atoms with Gasteiger partial charge in [0.05, 0.1) is 4.90 Å². The number of amides is 1. The van der Waals surface area contributed by atoms with Crippen LogP contribution in [0.4, 0.5) is 0 Å². The van der Waals surface area contributed by atoms with Gasteiger partial charge in [-0.1, -0.05) is 43.7 Å². The number of hydrogen-bond acceptors (Lipinski definition) is 4. The Hall–Kier alpha value is -2.38. The minimum atomic E-state index is -3.82. The van der Waals surface area contributed by atoms with E-state index in [1.807, 2.05) is 19.1 Å². The molecule has 0 radical (unpaired) electrons. The van der Waals surface area contributed by atoms with Crippen LogP contribution in [0.3, 0.4) is 0 Å². The summed E-state index contributed by atoms with van der Waals surface area (Å²) in [5.74, 6) is -0.0125. The molecule has 0 aromatic heterocycles. The van der Waals surface area contributed by atoms with Gasteiger partial charge in [-0.05, 0) is 42.7 Å². The number of ether oxygens (including phenoxy) is 1. The molecule has 0 fully saturated rings. The van der Waals surface area contributed by atoms with Crippen molar-refractivity contribution in [2.75, 3.05) is 6.61 Å². The minimum absolute atomic E-state index is 0.0903. The molecule has 0 bridgehead atoms. The lowest BCUT2D eigenvalue weighted by atomic mass is 10.1. The fourth-order valence-corrected chi connectivity index (χ4v) is 3.07. The monoisotopic (exact) mass is 362 g/mol. The molecule has 0 saturated heterocycles. The zero-order valence-electron chi connectivity index (χ0n) is 14.3. The van der Waals surface area contributed by atoms with E-state index in [9.17, 15) is 13.2 Å².